The molecule has 0 aromatic heterocycles. The molecule has 138 valence electrons. The molecule has 0 bridgehead atoms. The largest absolute Gasteiger partial charge is 0.760 e. The number of nitrogens with zero attached hydrogens (tertiary/aromatic N) is 1. The first kappa shape index (κ1) is 18.8. The molecule has 1 saturated carbocycles. The van der Waals surface area contributed by atoms with E-state index < -0.39 is 11.3 Å². The van der Waals surface area contributed by atoms with E-state index >= 15 is 0 Å². The fourth-order valence-corrected chi connectivity index (χ4v) is 4.08. The summed E-state index contributed by atoms with van der Waals surface area (Å²) in [6.45, 7) is 1.15. The van der Waals surface area contributed by atoms with Crippen molar-refractivity contribution in [2.75, 3.05) is 13.2 Å². The second-order valence-corrected chi connectivity index (χ2v) is 7.63. The van der Waals surface area contributed by atoms with Gasteiger partial charge >= 0.3 is 0 Å². The van der Waals surface area contributed by atoms with Crippen molar-refractivity contribution < 1.29 is 13.5 Å². The normalized spacial score (nSPS) is 21.2. The molecule has 0 radical (unpaired) electrons. The molecule has 0 amide bonds. The Morgan fingerprint density at radius 3 is 2.65 bits per heavy atom. The molecule has 2 aromatic carbocycles. The summed E-state index contributed by atoms with van der Waals surface area (Å²) < 4.78 is 29.8. The lowest BCUT2D eigenvalue weighted by Crippen LogP contribution is -2.29. The number of hydrogen-bond acceptors (Lipinski definition) is 4. The number of nitrogens with one attached hydrogen (secondary N) is 1. The second kappa shape index (κ2) is 9.13. The van der Waals surface area contributed by atoms with Gasteiger partial charge in [-0.25, -0.2) is 4.72 Å². The van der Waals surface area contributed by atoms with Gasteiger partial charge in [-0.05, 0) is 59.7 Å². The summed E-state index contributed by atoms with van der Waals surface area (Å²) in [4.78, 5) is 0. The minimum atomic E-state index is -2.18. The van der Waals surface area contributed by atoms with Gasteiger partial charge < -0.3 is 9.29 Å². The molecular weight excluding hydrogens is 348 g/mol. The molecule has 0 heterocycles. The molecule has 0 spiro atoms. The first-order chi connectivity index (χ1) is 12.7. The zero-order valence-corrected chi connectivity index (χ0v) is 15.5. The lowest BCUT2D eigenvalue weighted by molar-refractivity contribution is 0.143. The van der Waals surface area contributed by atoms with Crippen molar-refractivity contribution in [3.8, 4) is 11.8 Å². The van der Waals surface area contributed by atoms with E-state index in [1.807, 2.05) is 36.4 Å². The van der Waals surface area contributed by atoms with Crippen LogP contribution in [0.25, 0.3) is 10.8 Å². The molecule has 1 fully saturated rings. The summed E-state index contributed by atoms with van der Waals surface area (Å²) in [5.74, 6) is 1.80. The van der Waals surface area contributed by atoms with Crippen LogP contribution in [0.2, 0.25) is 0 Å². The van der Waals surface area contributed by atoms with Crippen LogP contribution in [0.3, 0.4) is 0 Å². The number of fused-ring (bicyclic) bond motifs is 1. The van der Waals surface area contributed by atoms with Crippen molar-refractivity contribution in [2.24, 2.45) is 11.8 Å². The summed E-state index contributed by atoms with van der Waals surface area (Å²) in [5.41, 5.74) is 0.656. The molecule has 5 nitrogen and oxygen atoms in total. The highest BCUT2D eigenvalue weighted by molar-refractivity contribution is 7.77. The summed E-state index contributed by atoms with van der Waals surface area (Å²) in [5, 5.41) is 11.1. The molecule has 6 heteroatoms. The quantitative estimate of drug-likeness (QED) is 0.753. The maximum absolute atomic E-state index is 10.6. The van der Waals surface area contributed by atoms with Crippen LogP contribution >= 0.6 is 0 Å². The summed E-state index contributed by atoms with van der Waals surface area (Å²) in [6, 6.07) is 13.7. The summed E-state index contributed by atoms with van der Waals surface area (Å²) in [6.07, 6.45) is 5.54. The van der Waals surface area contributed by atoms with Crippen molar-refractivity contribution in [3.63, 3.8) is 0 Å². The third kappa shape index (κ3) is 5.04. The van der Waals surface area contributed by atoms with Gasteiger partial charge in [0.15, 0.2) is 0 Å². The first-order valence-electron chi connectivity index (χ1n) is 9.05. The number of rotatable bonds is 7. The Labute approximate surface area is 156 Å². The summed E-state index contributed by atoms with van der Waals surface area (Å²) in [7, 11) is 0. The van der Waals surface area contributed by atoms with Crippen LogP contribution < -0.4 is 9.46 Å². The lowest BCUT2D eigenvalue weighted by Gasteiger charge is -2.31. The Morgan fingerprint density at radius 1 is 1.15 bits per heavy atom. The molecule has 3 atom stereocenters. The van der Waals surface area contributed by atoms with Crippen LogP contribution in [0.1, 0.15) is 37.7 Å². The third-order valence-corrected chi connectivity index (χ3v) is 5.65. The zero-order chi connectivity index (χ0) is 18.4. The highest BCUT2D eigenvalue weighted by Gasteiger charge is 2.25. The smallest absolute Gasteiger partial charge is 0.119 e. The topological polar surface area (TPSA) is 85.2 Å². The molecule has 2 aromatic rings. The van der Waals surface area contributed by atoms with Gasteiger partial charge in [-0.2, -0.15) is 5.26 Å². The molecule has 0 aliphatic heterocycles. The van der Waals surface area contributed by atoms with Gasteiger partial charge in [0.1, 0.15) is 5.75 Å². The average molecular weight is 371 g/mol. The van der Waals surface area contributed by atoms with E-state index in [1.165, 1.54) is 12.8 Å². The van der Waals surface area contributed by atoms with Gasteiger partial charge in [0.05, 0.1) is 18.2 Å². The standard InChI is InChI=1S/C20H24N2O3S/c21-13-15-5-6-18-12-20(8-7-17(18)11-15)25-14-19-4-2-1-3-16(19)9-10-22-26(23)24/h5-8,11-12,16,19,22H,1-4,9-10,14H2,(H,23,24)/p-1. The van der Waals surface area contributed by atoms with Crippen LogP contribution in [0.4, 0.5) is 0 Å². The van der Waals surface area contributed by atoms with Gasteiger partial charge in [-0.15, -0.1) is 0 Å². The number of hydrogen-bond donors (Lipinski definition) is 1. The fraction of sp³-hybridized carbons (Fsp3) is 0.450. The van der Waals surface area contributed by atoms with Crippen LogP contribution in [-0.4, -0.2) is 21.9 Å². The molecule has 3 unspecified atom stereocenters. The molecule has 1 N–H and O–H groups in total. The van der Waals surface area contributed by atoms with Crippen LogP contribution in [0.5, 0.6) is 5.75 Å². The molecule has 26 heavy (non-hydrogen) atoms. The van der Waals surface area contributed by atoms with E-state index in [9.17, 15) is 8.76 Å². The summed E-state index contributed by atoms with van der Waals surface area (Å²) >= 11 is -2.18. The molecule has 1 aliphatic carbocycles. The predicted molar refractivity (Wildman–Crippen MR) is 101 cm³/mol. The zero-order valence-electron chi connectivity index (χ0n) is 14.6. The van der Waals surface area contributed by atoms with E-state index in [-0.39, 0.29) is 0 Å². The van der Waals surface area contributed by atoms with Gasteiger partial charge in [-0.1, -0.05) is 31.4 Å². The minimum absolute atomic E-state index is 0.460. The van der Waals surface area contributed by atoms with Crippen LogP contribution in [-0.2, 0) is 11.3 Å². The Balaban J connectivity index is 1.60. The van der Waals surface area contributed by atoms with Crippen LogP contribution in [0, 0.1) is 23.2 Å². The molecule has 0 saturated heterocycles. The van der Waals surface area contributed by atoms with Crippen molar-refractivity contribution in [2.45, 2.75) is 32.1 Å². The first-order valence-corrected chi connectivity index (χ1v) is 10.1. The van der Waals surface area contributed by atoms with Gasteiger partial charge in [0, 0.05) is 17.8 Å². The highest BCUT2D eigenvalue weighted by Crippen LogP contribution is 2.33. The van der Waals surface area contributed by atoms with Gasteiger partial charge in [-0.3, -0.25) is 4.21 Å². The van der Waals surface area contributed by atoms with Crippen LogP contribution in [0.15, 0.2) is 36.4 Å². The maximum atomic E-state index is 10.6. The molecular formula is C20H23N2O3S-. The Bertz CT molecular complexity index is 818. The van der Waals surface area contributed by atoms with Crippen molar-refractivity contribution >= 4 is 22.0 Å². The number of nitriles is 1. The average Bonchev–Trinajstić information content (AvgIpc) is 2.66. The van der Waals surface area contributed by atoms with E-state index in [0.29, 0.717) is 30.6 Å². The number of benzene rings is 2. The van der Waals surface area contributed by atoms with E-state index in [1.54, 1.807) is 0 Å². The molecule has 1 aliphatic rings. The van der Waals surface area contributed by atoms with Crippen molar-refractivity contribution in [1.82, 2.24) is 4.72 Å². The minimum Gasteiger partial charge on any atom is -0.760 e. The maximum Gasteiger partial charge on any atom is 0.119 e. The third-order valence-electron chi connectivity index (χ3n) is 5.21. The Kier molecular flexibility index (Phi) is 6.62. The van der Waals surface area contributed by atoms with Gasteiger partial charge in [0.2, 0.25) is 0 Å². The van der Waals surface area contributed by atoms with Crippen molar-refractivity contribution in [1.29, 1.82) is 5.26 Å². The SMILES string of the molecule is N#Cc1ccc2cc(OCC3CCCCC3CCNS(=O)[O-])ccc2c1. The van der Waals surface area contributed by atoms with Gasteiger partial charge in [0.25, 0.3) is 0 Å². The van der Waals surface area contributed by atoms with E-state index in [4.69, 9.17) is 10.00 Å². The lowest BCUT2D eigenvalue weighted by atomic mass is 9.78. The second-order valence-electron chi connectivity index (χ2n) is 6.87. The number of ether oxygens (including phenoxy) is 1. The fourth-order valence-electron chi connectivity index (χ4n) is 3.80. The highest BCUT2D eigenvalue weighted by atomic mass is 32.2. The van der Waals surface area contributed by atoms with E-state index in [2.05, 4.69) is 10.8 Å². The Hall–Kier alpha value is -1.94. The molecule has 3 rings (SSSR count). The predicted octanol–water partition coefficient (Wildman–Crippen LogP) is 3.67. The van der Waals surface area contributed by atoms with E-state index in [0.717, 1.165) is 35.8 Å². The van der Waals surface area contributed by atoms with Crippen molar-refractivity contribution in [3.05, 3.63) is 42.0 Å². The monoisotopic (exact) mass is 371 g/mol. The Morgan fingerprint density at radius 2 is 1.88 bits per heavy atom.